The lowest BCUT2D eigenvalue weighted by Crippen LogP contribution is -2.22. The number of rotatable bonds is 4. The Balaban J connectivity index is 0.000000189. The number of fused-ring (bicyclic) bond motifs is 2. The van der Waals surface area contributed by atoms with E-state index in [0.29, 0.717) is 23.5 Å². The number of aromatic nitrogens is 4. The Bertz CT molecular complexity index is 1950. The summed E-state index contributed by atoms with van der Waals surface area (Å²) >= 11 is 6.96. The van der Waals surface area contributed by atoms with Gasteiger partial charge in [0, 0.05) is 20.9 Å². The molecule has 2 aliphatic rings. The number of hydrogen-bond acceptors (Lipinski definition) is 10. The molecular weight excluding hydrogens is 745 g/mol. The van der Waals surface area contributed by atoms with Gasteiger partial charge in [-0.3, -0.25) is 0 Å². The van der Waals surface area contributed by atoms with Crippen LogP contribution in [0.25, 0.3) is 0 Å². The second-order valence-corrected chi connectivity index (χ2v) is 15.8. The standard InChI is InChI=1S/C20H20N2O2S.C13H14S.C7H7BrN2O2/c1-4-24-19(23)17-13-21-15(12-22-17)7-5-14-6-8-18-16(11-14)20(2,3)9-10-25-18;1-4-10-5-6-12-11(9-10)13(2,3)7-8-14-12;1-2-12-7(11)5-3-10-6(8)4-9-5/h6,8,11-13H,4,9-10H2,1-3H3;1,5-6,9H,7-8H2,2-3H3;3-4H,2H2,1H3. The smallest absolute Gasteiger partial charge is 0.358 e. The summed E-state index contributed by atoms with van der Waals surface area (Å²) in [5, 5.41) is 0. The van der Waals surface area contributed by atoms with E-state index in [0.717, 1.165) is 16.9 Å². The number of terminal acetylenes is 1. The number of carbonyl (C=O) groups excluding carboxylic acids is 2. The van der Waals surface area contributed by atoms with E-state index < -0.39 is 11.9 Å². The minimum atomic E-state index is -0.469. The molecule has 0 unspecified atom stereocenters. The summed E-state index contributed by atoms with van der Waals surface area (Å²) in [5.41, 5.74) is 6.15. The number of ether oxygens (including phenoxy) is 2. The maximum Gasteiger partial charge on any atom is 0.358 e. The zero-order chi connectivity index (χ0) is 37.0. The highest BCUT2D eigenvalue weighted by molar-refractivity contribution is 9.10. The summed E-state index contributed by atoms with van der Waals surface area (Å²) in [4.78, 5) is 41.2. The first kappa shape index (κ1) is 39.6. The molecular formula is C40H41BrN4O4S2. The molecule has 0 aliphatic carbocycles. The number of halogens is 1. The minimum absolute atomic E-state index is 0.180. The van der Waals surface area contributed by atoms with Crippen LogP contribution in [-0.2, 0) is 20.3 Å². The van der Waals surface area contributed by atoms with Crippen LogP contribution in [0.2, 0.25) is 0 Å². The van der Waals surface area contributed by atoms with Crippen molar-refractivity contribution in [3.05, 3.63) is 105 Å². The van der Waals surface area contributed by atoms with Crippen molar-refractivity contribution in [1.82, 2.24) is 19.9 Å². The Morgan fingerprint density at radius 2 is 1.25 bits per heavy atom. The Morgan fingerprint density at radius 1 is 0.745 bits per heavy atom. The summed E-state index contributed by atoms with van der Waals surface area (Å²) in [6.45, 7) is 13.3. The summed E-state index contributed by atoms with van der Waals surface area (Å²) < 4.78 is 10.2. The van der Waals surface area contributed by atoms with Crippen molar-refractivity contribution in [2.75, 3.05) is 24.7 Å². The fourth-order valence-electron chi connectivity index (χ4n) is 5.10. The van der Waals surface area contributed by atoms with Crippen LogP contribution in [0.1, 0.15) is 103 Å². The van der Waals surface area contributed by atoms with Gasteiger partial charge in [-0.15, -0.1) is 29.9 Å². The molecule has 0 N–H and O–H groups in total. The molecule has 0 fully saturated rings. The molecule has 264 valence electrons. The van der Waals surface area contributed by atoms with Gasteiger partial charge in [0.1, 0.15) is 10.3 Å². The lowest BCUT2D eigenvalue weighted by molar-refractivity contribution is 0.0509. The summed E-state index contributed by atoms with van der Waals surface area (Å²) in [7, 11) is 0. The third-order valence-corrected chi connectivity index (χ3v) is 10.7. The van der Waals surface area contributed by atoms with E-state index in [1.165, 1.54) is 64.3 Å². The second kappa shape index (κ2) is 18.4. The molecule has 4 aromatic rings. The lowest BCUT2D eigenvalue weighted by atomic mass is 9.81. The number of nitrogens with zero attached hydrogens (tertiary/aromatic N) is 4. The third-order valence-electron chi connectivity index (χ3n) is 8.13. The fourth-order valence-corrected chi connectivity index (χ4v) is 8.28. The monoisotopic (exact) mass is 784 g/mol. The van der Waals surface area contributed by atoms with Crippen LogP contribution < -0.4 is 0 Å². The predicted molar refractivity (Wildman–Crippen MR) is 207 cm³/mol. The molecule has 0 spiro atoms. The first-order chi connectivity index (χ1) is 24.4. The highest BCUT2D eigenvalue weighted by Gasteiger charge is 2.28. The lowest BCUT2D eigenvalue weighted by Gasteiger charge is -2.32. The zero-order valence-electron chi connectivity index (χ0n) is 29.7. The number of esters is 2. The van der Waals surface area contributed by atoms with Crippen molar-refractivity contribution in [3.63, 3.8) is 0 Å². The van der Waals surface area contributed by atoms with Crippen molar-refractivity contribution < 1.29 is 19.1 Å². The summed E-state index contributed by atoms with van der Waals surface area (Å²) in [6.07, 6.45) is 13.5. The first-order valence-corrected chi connectivity index (χ1v) is 19.3. The van der Waals surface area contributed by atoms with E-state index in [1.54, 1.807) is 13.8 Å². The van der Waals surface area contributed by atoms with Crippen LogP contribution in [0.3, 0.4) is 0 Å². The van der Waals surface area contributed by atoms with Crippen LogP contribution in [0.4, 0.5) is 0 Å². The quantitative estimate of drug-likeness (QED) is 0.148. The van der Waals surface area contributed by atoms with Crippen LogP contribution >= 0.6 is 39.5 Å². The molecule has 8 nitrogen and oxygen atoms in total. The van der Waals surface area contributed by atoms with Crippen LogP contribution in [0.15, 0.2) is 75.6 Å². The molecule has 0 saturated carbocycles. The van der Waals surface area contributed by atoms with Crippen LogP contribution in [0.5, 0.6) is 0 Å². The van der Waals surface area contributed by atoms with E-state index in [2.05, 4.69) is 106 Å². The molecule has 2 aromatic heterocycles. The highest BCUT2D eigenvalue weighted by Crippen LogP contribution is 2.42. The van der Waals surface area contributed by atoms with E-state index in [4.69, 9.17) is 15.9 Å². The van der Waals surface area contributed by atoms with Gasteiger partial charge in [0.25, 0.3) is 0 Å². The Kier molecular flexibility index (Phi) is 14.3. The van der Waals surface area contributed by atoms with Gasteiger partial charge in [-0.25, -0.2) is 29.5 Å². The van der Waals surface area contributed by atoms with Gasteiger partial charge in [0.05, 0.1) is 38.0 Å². The summed E-state index contributed by atoms with van der Waals surface area (Å²) in [6, 6.07) is 12.7. The summed E-state index contributed by atoms with van der Waals surface area (Å²) in [5.74, 6) is 10.3. The second-order valence-electron chi connectivity index (χ2n) is 12.7. The Labute approximate surface area is 317 Å². The molecule has 6 rings (SSSR count). The molecule has 51 heavy (non-hydrogen) atoms. The molecule has 11 heteroatoms. The van der Waals surface area contributed by atoms with Crippen molar-refractivity contribution in [1.29, 1.82) is 0 Å². The molecule has 0 radical (unpaired) electrons. The van der Waals surface area contributed by atoms with E-state index >= 15 is 0 Å². The molecule has 0 bridgehead atoms. The van der Waals surface area contributed by atoms with Gasteiger partial charge >= 0.3 is 11.9 Å². The Morgan fingerprint density at radius 3 is 1.73 bits per heavy atom. The van der Waals surface area contributed by atoms with Crippen molar-refractivity contribution in [3.8, 4) is 24.2 Å². The maximum absolute atomic E-state index is 11.6. The molecule has 2 aliphatic heterocycles. The first-order valence-electron chi connectivity index (χ1n) is 16.5. The zero-order valence-corrected chi connectivity index (χ0v) is 32.9. The molecule has 0 amide bonds. The molecule has 0 saturated heterocycles. The number of thioether (sulfide) groups is 2. The molecule has 2 aromatic carbocycles. The average Bonchev–Trinajstić information content (AvgIpc) is 3.12. The normalized spacial score (nSPS) is 14.5. The van der Waals surface area contributed by atoms with Gasteiger partial charge in [-0.05, 0) is 118 Å². The van der Waals surface area contributed by atoms with Crippen LogP contribution in [0, 0.1) is 24.2 Å². The molecule has 4 heterocycles. The number of carbonyl (C=O) groups is 2. The third kappa shape index (κ3) is 11.2. The number of benzene rings is 2. The van der Waals surface area contributed by atoms with Crippen molar-refractivity contribution >= 4 is 51.4 Å². The van der Waals surface area contributed by atoms with Gasteiger partial charge in [-0.2, -0.15) is 0 Å². The Hall–Kier alpha value is -4.16. The van der Waals surface area contributed by atoms with E-state index in [9.17, 15) is 9.59 Å². The van der Waals surface area contributed by atoms with Crippen molar-refractivity contribution in [2.45, 2.75) is 75.0 Å². The fraction of sp³-hybridized carbons (Fsp3) is 0.350. The van der Waals surface area contributed by atoms with Gasteiger partial charge in [0.15, 0.2) is 11.4 Å². The SMILES string of the molecule is C#Cc1ccc2c(c1)C(C)(C)CCS2.CCOC(=O)c1cnc(Br)cn1.CCOC(=O)c1cnc(C#Cc2ccc3c(c2)C(C)(C)CCS3)cn1. The predicted octanol–water partition coefficient (Wildman–Crippen LogP) is 8.68. The van der Waals surface area contributed by atoms with Gasteiger partial charge in [0.2, 0.25) is 0 Å². The van der Waals surface area contributed by atoms with E-state index in [1.807, 2.05) is 35.7 Å². The topological polar surface area (TPSA) is 104 Å². The van der Waals surface area contributed by atoms with E-state index in [-0.39, 0.29) is 22.2 Å². The van der Waals surface area contributed by atoms with Crippen LogP contribution in [-0.4, -0.2) is 56.6 Å². The maximum atomic E-state index is 11.6. The largest absolute Gasteiger partial charge is 0.461 e. The van der Waals surface area contributed by atoms with Gasteiger partial charge < -0.3 is 9.47 Å². The highest BCUT2D eigenvalue weighted by atomic mass is 79.9. The molecule has 0 atom stereocenters. The minimum Gasteiger partial charge on any atom is -0.461 e. The van der Waals surface area contributed by atoms with Gasteiger partial charge in [-0.1, -0.05) is 39.5 Å². The number of hydrogen-bond donors (Lipinski definition) is 0. The average molecular weight is 786 g/mol. The van der Waals surface area contributed by atoms with Crippen molar-refractivity contribution in [2.24, 2.45) is 0 Å².